The third-order valence-corrected chi connectivity index (χ3v) is 7.67. The molecular weight excluding hydrogens is 646 g/mol. The molecule has 1 aliphatic heterocycles. The van der Waals surface area contributed by atoms with E-state index in [9.17, 15) is 43.5 Å². The van der Waals surface area contributed by atoms with Crippen LogP contribution in [0.5, 0.6) is 0 Å². The van der Waals surface area contributed by atoms with Crippen molar-refractivity contribution in [3.8, 4) is 0 Å². The van der Waals surface area contributed by atoms with Crippen LogP contribution < -0.4 is 43.8 Å². The molecule has 1 fully saturated rings. The number of imidazole rings is 1. The molecule has 0 spiro atoms. The number of likely N-dealkylation sites (tertiary alicyclic amines) is 1. The van der Waals surface area contributed by atoms with E-state index in [4.69, 9.17) is 17.2 Å². The van der Waals surface area contributed by atoms with Crippen LogP contribution in [0.2, 0.25) is 0 Å². The van der Waals surface area contributed by atoms with Crippen molar-refractivity contribution in [3.63, 3.8) is 0 Å². The van der Waals surface area contributed by atoms with E-state index >= 15 is 0 Å². The molecule has 2 rings (SSSR count). The molecule has 7 amide bonds. The first-order valence-electron chi connectivity index (χ1n) is 15.9. The summed E-state index contributed by atoms with van der Waals surface area (Å²) in [7, 11) is 0. The number of amides is 7. The monoisotopic (exact) mass is 693 g/mol. The number of aromatic amines is 1. The molecule has 272 valence electrons. The molecule has 2 heterocycles. The van der Waals surface area contributed by atoms with Crippen LogP contribution >= 0.6 is 0 Å². The number of unbranched alkanes of at least 4 members (excludes halogenated alkanes) is 1. The van der Waals surface area contributed by atoms with Gasteiger partial charge in [0.15, 0.2) is 0 Å². The van der Waals surface area contributed by atoms with Crippen molar-refractivity contribution in [2.24, 2.45) is 17.2 Å². The zero-order valence-corrected chi connectivity index (χ0v) is 27.5. The van der Waals surface area contributed by atoms with Crippen LogP contribution in [-0.4, -0.2) is 123 Å². The number of nitrogens with one attached hydrogen (secondary N) is 6. The average Bonchev–Trinajstić information content (AvgIpc) is 3.74. The fraction of sp³-hybridized carbons (Fsp3) is 0.621. The van der Waals surface area contributed by atoms with Crippen LogP contribution in [0.4, 0.5) is 0 Å². The number of hydrogen-bond acceptors (Lipinski definition) is 11. The maximum absolute atomic E-state index is 13.5. The van der Waals surface area contributed by atoms with Crippen LogP contribution in [0, 0.1) is 0 Å². The first-order valence-corrected chi connectivity index (χ1v) is 15.9. The Hall–Kier alpha value is -5.11. The number of rotatable bonds is 20. The Bertz CT molecular complexity index is 1340. The number of carboxylic acid groups (broad SMARTS) is 1. The van der Waals surface area contributed by atoms with Gasteiger partial charge in [-0.3, -0.25) is 33.6 Å². The highest BCUT2D eigenvalue weighted by atomic mass is 16.4. The molecule has 0 aliphatic carbocycles. The predicted octanol–water partition coefficient (Wildman–Crippen LogP) is -4.55. The molecule has 1 aliphatic rings. The van der Waals surface area contributed by atoms with Crippen LogP contribution in [0.1, 0.15) is 58.1 Å². The summed E-state index contributed by atoms with van der Waals surface area (Å²) < 4.78 is 0. The van der Waals surface area contributed by atoms with E-state index in [1.54, 1.807) is 0 Å². The van der Waals surface area contributed by atoms with E-state index < -0.39 is 96.5 Å². The molecular formula is C29H47N11O9. The largest absolute Gasteiger partial charge is 0.480 e. The van der Waals surface area contributed by atoms with Crippen LogP contribution in [0.3, 0.4) is 0 Å². The number of carboxylic acids is 1. The Morgan fingerprint density at radius 2 is 1.65 bits per heavy atom. The number of aromatic nitrogens is 2. The minimum absolute atomic E-state index is 0.0682. The minimum Gasteiger partial charge on any atom is -0.480 e. The van der Waals surface area contributed by atoms with Crippen molar-refractivity contribution in [2.75, 3.05) is 19.6 Å². The fourth-order valence-electron chi connectivity index (χ4n) is 4.96. The molecule has 13 N–H and O–H groups in total. The van der Waals surface area contributed by atoms with Gasteiger partial charge in [0.2, 0.25) is 41.4 Å². The summed E-state index contributed by atoms with van der Waals surface area (Å²) >= 11 is 0. The third-order valence-electron chi connectivity index (χ3n) is 7.67. The molecule has 0 unspecified atom stereocenters. The summed E-state index contributed by atoms with van der Waals surface area (Å²) in [6.45, 7) is 2.81. The molecule has 0 saturated carbocycles. The van der Waals surface area contributed by atoms with Gasteiger partial charge in [0.05, 0.1) is 25.3 Å². The number of carbonyl (C=O) groups excluding carboxylic acids is 7. The van der Waals surface area contributed by atoms with Crippen molar-refractivity contribution in [1.82, 2.24) is 41.5 Å². The van der Waals surface area contributed by atoms with Gasteiger partial charge in [-0.1, -0.05) is 0 Å². The second-order valence-corrected chi connectivity index (χ2v) is 11.7. The lowest BCUT2D eigenvalue weighted by Gasteiger charge is -2.26. The second-order valence-electron chi connectivity index (χ2n) is 11.7. The molecule has 20 heteroatoms. The zero-order chi connectivity index (χ0) is 36.7. The average molecular weight is 694 g/mol. The van der Waals surface area contributed by atoms with E-state index in [1.807, 2.05) is 0 Å². The highest BCUT2D eigenvalue weighted by molar-refractivity contribution is 5.96. The summed E-state index contributed by atoms with van der Waals surface area (Å²) in [5.74, 6) is -6.52. The smallest absolute Gasteiger partial charge is 0.326 e. The third kappa shape index (κ3) is 13.1. The summed E-state index contributed by atoms with van der Waals surface area (Å²) in [5.41, 5.74) is 16.7. The van der Waals surface area contributed by atoms with Gasteiger partial charge in [0, 0.05) is 24.9 Å². The first kappa shape index (κ1) is 40.1. The van der Waals surface area contributed by atoms with Gasteiger partial charge in [-0.05, 0) is 52.5 Å². The van der Waals surface area contributed by atoms with Gasteiger partial charge in [-0.25, -0.2) is 9.78 Å². The number of nitrogens with zero attached hydrogens (tertiary/aromatic N) is 2. The van der Waals surface area contributed by atoms with Gasteiger partial charge >= 0.3 is 5.97 Å². The summed E-state index contributed by atoms with van der Waals surface area (Å²) in [5, 5.41) is 21.7. The number of nitrogens with two attached hydrogens (primary N) is 3. The van der Waals surface area contributed by atoms with E-state index in [-0.39, 0.29) is 25.8 Å². The molecule has 0 aromatic carbocycles. The highest BCUT2D eigenvalue weighted by Gasteiger charge is 2.37. The Balaban J connectivity index is 2.13. The number of H-pyrrole nitrogens is 1. The second kappa shape index (κ2) is 19.6. The molecule has 0 radical (unpaired) electrons. The number of aliphatic carboxylic acids is 1. The number of carbonyl (C=O) groups is 8. The molecule has 1 saturated heterocycles. The lowest BCUT2D eigenvalue weighted by molar-refractivity contribution is -0.145. The predicted molar refractivity (Wildman–Crippen MR) is 171 cm³/mol. The van der Waals surface area contributed by atoms with Gasteiger partial charge in [-0.15, -0.1) is 0 Å². The normalized spacial score (nSPS) is 17.1. The Labute approximate surface area is 282 Å². The maximum atomic E-state index is 13.5. The molecule has 1 aromatic heterocycles. The number of hydrogen-bond donors (Lipinski definition) is 10. The zero-order valence-electron chi connectivity index (χ0n) is 27.5. The lowest BCUT2D eigenvalue weighted by Crippen LogP contribution is -2.58. The van der Waals surface area contributed by atoms with Crippen LogP contribution in [-0.2, 0) is 44.8 Å². The van der Waals surface area contributed by atoms with Crippen LogP contribution in [0.25, 0.3) is 0 Å². The maximum Gasteiger partial charge on any atom is 0.326 e. The molecule has 1 aromatic rings. The fourth-order valence-corrected chi connectivity index (χ4v) is 4.96. The van der Waals surface area contributed by atoms with Crippen molar-refractivity contribution >= 4 is 47.3 Å². The van der Waals surface area contributed by atoms with Crippen molar-refractivity contribution < 1.29 is 43.5 Å². The number of primary amides is 1. The van der Waals surface area contributed by atoms with E-state index in [2.05, 4.69) is 36.6 Å². The van der Waals surface area contributed by atoms with E-state index in [0.717, 1.165) is 0 Å². The summed E-state index contributed by atoms with van der Waals surface area (Å²) in [6, 6.07) is -6.85. The van der Waals surface area contributed by atoms with Gasteiger partial charge in [-0.2, -0.15) is 0 Å². The standard InChI is InChI=1S/C29H47N11O9/c1-15(31)24(43)36-16(2)25(44)37-18(6-3-4-8-30)27(46)38-19(10-17-12-33-14-35-17)26(45)34-13-23(42)40-9-5-7-21(40)28(47)39-20(29(48)49)11-22(32)41/h12,14-16,18-21H,3-11,13,30-31H2,1-2H3,(H2,32,41)(H,33,35)(H,34,45)(H,36,43)(H,37,44)(H,38,46)(H,39,47)(H,48,49)/t15-,16-,18-,19-,20-,21-/m0/s1. The van der Waals surface area contributed by atoms with Crippen LogP contribution in [0.15, 0.2) is 12.5 Å². The summed E-state index contributed by atoms with van der Waals surface area (Å²) in [6.07, 6.45) is 3.93. The van der Waals surface area contributed by atoms with Gasteiger partial charge < -0.3 is 58.8 Å². The Morgan fingerprint density at radius 1 is 0.959 bits per heavy atom. The SMILES string of the molecule is C[C@H](N)C(=O)N[C@@H](C)C(=O)N[C@@H](CCCCN)C(=O)N[C@@H](Cc1cnc[nH]1)C(=O)NCC(=O)N1CCC[C@H]1C(=O)N[C@@H](CC(N)=O)C(=O)O. The Kier molecular flexibility index (Phi) is 16.1. The highest BCUT2D eigenvalue weighted by Crippen LogP contribution is 2.18. The van der Waals surface area contributed by atoms with Crippen molar-refractivity contribution in [3.05, 3.63) is 18.2 Å². The van der Waals surface area contributed by atoms with Gasteiger partial charge in [0.25, 0.3) is 0 Å². The Morgan fingerprint density at radius 3 is 2.24 bits per heavy atom. The lowest BCUT2D eigenvalue weighted by atomic mass is 10.1. The van der Waals surface area contributed by atoms with Crippen molar-refractivity contribution in [2.45, 2.75) is 95.0 Å². The topological polar surface area (TPSA) is 327 Å². The van der Waals surface area contributed by atoms with Crippen molar-refractivity contribution in [1.29, 1.82) is 0 Å². The van der Waals surface area contributed by atoms with Gasteiger partial charge in [0.1, 0.15) is 30.2 Å². The molecule has 49 heavy (non-hydrogen) atoms. The molecule has 6 atom stereocenters. The molecule has 0 bridgehead atoms. The van der Waals surface area contributed by atoms with E-state index in [1.165, 1.54) is 31.3 Å². The minimum atomic E-state index is -1.57. The summed E-state index contributed by atoms with van der Waals surface area (Å²) in [4.78, 5) is 108. The van der Waals surface area contributed by atoms with E-state index in [0.29, 0.717) is 31.5 Å². The quantitative estimate of drug-likeness (QED) is 0.0578. The molecule has 20 nitrogen and oxygen atoms in total. The first-order chi connectivity index (χ1) is 23.1.